The zero-order valence-electron chi connectivity index (χ0n) is 41.3. The van der Waals surface area contributed by atoms with Crippen molar-refractivity contribution in [1.29, 1.82) is 0 Å². The van der Waals surface area contributed by atoms with Crippen molar-refractivity contribution in [3.05, 3.63) is 326 Å². The molecule has 2 aliphatic carbocycles. The van der Waals surface area contributed by atoms with Crippen molar-refractivity contribution in [1.82, 2.24) is 0 Å². The molecular formula is C73H50N2. The number of hydrogen-bond acceptors (Lipinski definition) is 2. The first-order valence-electron chi connectivity index (χ1n) is 25.9. The van der Waals surface area contributed by atoms with E-state index in [1.54, 1.807) is 0 Å². The maximum absolute atomic E-state index is 2.47. The monoisotopic (exact) mass is 954 g/mol. The van der Waals surface area contributed by atoms with Gasteiger partial charge in [0.05, 0.1) is 11.1 Å². The van der Waals surface area contributed by atoms with Gasteiger partial charge in [0.1, 0.15) is 0 Å². The van der Waals surface area contributed by atoms with E-state index in [-0.39, 0.29) is 0 Å². The van der Waals surface area contributed by atoms with Crippen LogP contribution in [0.3, 0.4) is 0 Å². The Morgan fingerprint density at radius 2 is 0.453 bits per heavy atom. The van der Waals surface area contributed by atoms with Crippen molar-refractivity contribution in [2.45, 2.75) is 5.41 Å². The van der Waals surface area contributed by atoms with Gasteiger partial charge < -0.3 is 9.80 Å². The van der Waals surface area contributed by atoms with Crippen molar-refractivity contribution < 1.29 is 0 Å². The van der Waals surface area contributed by atoms with Crippen LogP contribution in [0.4, 0.5) is 34.1 Å². The van der Waals surface area contributed by atoms with E-state index in [0.717, 1.165) is 45.3 Å². The molecule has 0 aromatic heterocycles. The summed E-state index contributed by atoms with van der Waals surface area (Å²) in [6.45, 7) is 0. The van der Waals surface area contributed by atoms with Crippen LogP contribution in [0.25, 0.3) is 66.8 Å². The molecule has 352 valence electrons. The standard InChI is InChI=1S/C73H50N2/c1-4-17-51(18-5-1)54-31-41-59(42-32-54)74(60-43-33-55(34-44-60)52-19-6-2-7-20-52)61-45-35-57(36-46-61)58-39-49-63(50-40-58)75(62-47-37-56(38-48-62)53-21-8-3-9-22-53)71-30-16-29-70-72(71)66-25-12-15-28-69(66)73(70)67-26-13-10-23-64(67)65-24-11-14-27-68(65)73/h1-50H. The molecule has 0 unspecified atom stereocenters. The fourth-order valence-electron chi connectivity index (χ4n) is 12.1. The molecule has 0 radical (unpaired) electrons. The molecule has 0 atom stereocenters. The molecule has 75 heavy (non-hydrogen) atoms. The number of benzene rings is 12. The Balaban J connectivity index is 0.856. The average molecular weight is 955 g/mol. The third-order valence-electron chi connectivity index (χ3n) is 15.5. The summed E-state index contributed by atoms with van der Waals surface area (Å²) in [6, 6.07) is 111. The highest BCUT2D eigenvalue weighted by Crippen LogP contribution is 2.64. The molecule has 14 rings (SSSR count). The Morgan fingerprint density at radius 1 is 0.187 bits per heavy atom. The summed E-state index contributed by atoms with van der Waals surface area (Å²) in [5, 5.41) is 0. The van der Waals surface area contributed by atoms with Crippen molar-refractivity contribution in [2.75, 3.05) is 9.80 Å². The largest absolute Gasteiger partial charge is 0.311 e. The summed E-state index contributed by atoms with van der Waals surface area (Å²) >= 11 is 0. The molecule has 0 aliphatic heterocycles. The van der Waals surface area contributed by atoms with Crippen LogP contribution in [0.2, 0.25) is 0 Å². The summed E-state index contributed by atoms with van der Waals surface area (Å²) in [5.74, 6) is 0. The predicted molar refractivity (Wildman–Crippen MR) is 314 cm³/mol. The lowest BCUT2D eigenvalue weighted by Gasteiger charge is -2.32. The zero-order valence-corrected chi connectivity index (χ0v) is 41.3. The average Bonchev–Trinajstić information content (AvgIpc) is 4.17. The van der Waals surface area contributed by atoms with Crippen molar-refractivity contribution in [2.24, 2.45) is 0 Å². The lowest BCUT2D eigenvalue weighted by atomic mass is 9.70. The molecule has 2 nitrogen and oxygen atoms in total. The summed E-state index contributed by atoms with van der Waals surface area (Å²) < 4.78 is 0. The van der Waals surface area contributed by atoms with Gasteiger partial charge in [-0.05, 0) is 150 Å². The molecule has 0 heterocycles. The van der Waals surface area contributed by atoms with Gasteiger partial charge in [0.2, 0.25) is 0 Å². The maximum Gasteiger partial charge on any atom is 0.0726 e. The lowest BCUT2D eigenvalue weighted by molar-refractivity contribution is 0.794. The first-order chi connectivity index (χ1) is 37.2. The fraction of sp³-hybridized carbons (Fsp3) is 0.0137. The Morgan fingerprint density at radius 3 is 0.813 bits per heavy atom. The molecular weight excluding hydrogens is 905 g/mol. The number of hydrogen-bond donors (Lipinski definition) is 0. The molecule has 0 bridgehead atoms. The van der Waals surface area contributed by atoms with E-state index in [4.69, 9.17) is 0 Å². The normalized spacial score (nSPS) is 12.4. The minimum Gasteiger partial charge on any atom is -0.311 e. The number of anilines is 6. The minimum atomic E-state index is -0.444. The molecule has 2 heteroatoms. The Labute approximate surface area is 439 Å². The quantitative estimate of drug-likeness (QED) is 0.135. The van der Waals surface area contributed by atoms with Gasteiger partial charge in [0.25, 0.3) is 0 Å². The lowest BCUT2D eigenvalue weighted by Crippen LogP contribution is -2.26. The van der Waals surface area contributed by atoms with Crippen LogP contribution in [-0.2, 0) is 5.41 Å². The van der Waals surface area contributed by atoms with Crippen LogP contribution in [0, 0.1) is 0 Å². The molecule has 2 aliphatic rings. The molecule has 0 amide bonds. The summed E-state index contributed by atoms with van der Waals surface area (Å²) in [7, 11) is 0. The SMILES string of the molecule is c1ccc(-c2ccc(N(c3ccc(-c4ccccc4)cc3)c3ccc(-c4ccc(N(c5ccc(-c6ccccc6)cc5)c5cccc6c5-c5ccccc5C65c6ccccc6-c6ccccc65)cc4)cc3)cc2)cc1. The van der Waals surface area contributed by atoms with Crippen LogP contribution in [0.1, 0.15) is 22.3 Å². The van der Waals surface area contributed by atoms with Gasteiger partial charge in [0, 0.05) is 34.0 Å². The number of rotatable bonds is 10. The number of nitrogens with zero attached hydrogens (tertiary/aromatic N) is 2. The van der Waals surface area contributed by atoms with Gasteiger partial charge >= 0.3 is 0 Å². The fourth-order valence-corrected chi connectivity index (χ4v) is 12.1. The van der Waals surface area contributed by atoms with Gasteiger partial charge in [-0.25, -0.2) is 0 Å². The van der Waals surface area contributed by atoms with Crippen molar-refractivity contribution >= 4 is 34.1 Å². The molecule has 0 fully saturated rings. The van der Waals surface area contributed by atoms with Gasteiger partial charge in [-0.15, -0.1) is 0 Å². The zero-order chi connectivity index (χ0) is 49.7. The Bertz CT molecular complexity index is 3870. The van der Waals surface area contributed by atoms with E-state index in [9.17, 15) is 0 Å². The van der Waals surface area contributed by atoms with Gasteiger partial charge in [-0.2, -0.15) is 0 Å². The third-order valence-corrected chi connectivity index (χ3v) is 15.5. The van der Waals surface area contributed by atoms with Crippen LogP contribution in [-0.4, -0.2) is 0 Å². The van der Waals surface area contributed by atoms with Crippen molar-refractivity contribution in [3.8, 4) is 66.8 Å². The van der Waals surface area contributed by atoms with E-state index in [1.165, 1.54) is 77.9 Å². The highest BCUT2D eigenvalue weighted by molar-refractivity contribution is 6.01. The highest BCUT2D eigenvalue weighted by Gasteiger charge is 2.52. The summed E-state index contributed by atoms with van der Waals surface area (Å²) in [6.07, 6.45) is 0. The van der Waals surface area contributed by atoms with Gasteiger partial charge in [-0.3, -0.25) is 0 Å². The Kier molecular flexibility index (Phi) is 10.8. The molecule has 12 aromatic carbocycles. The molecule has 1 spiro atoms. The highest BCUT2D eigenvalue weighted by atomic mass is 15.1. The van der Waals surface area contributed by atoms with Crippen molar-refractivity contribution in [3.63, 3.8) is 0 Å². The van der Waals surface area contributed by atoms with Gasteiger partial charge in [-0.1, -0.05) is 237 Å². The van der Waals surface area contributed by atoms with E-state index in [0.29, 0.717) is 0 Å². The van der Waals surface area contributed by atoms with E-state index < -0.39 is 5.41 Å². The first-order valence-corrected chi connectivity index (χ1v) is 25.9. The van der Waals surface area contributed by atoms with E-state index >= 15 is 0 Å². The molecule has 12 aromatic rings. The topological polar surface area (TPSA) is 6.48 Å². The summed E-state index contributed by atoms with van der Waals surface area (Å²) in [5.41, 5.74) is 26.1. The third kappa shape index (κ3) is 7.41. The number of fused-ring (bicyclic) bond motifs is 10. The van der Waals surface area contributed by atoms with Gasteiger partial charge in [0.15, 0.2) is 0 Å². The van der Waals surface area contributed by atoms with Crippen LogP contribution < -0.4 is 9.80 Å². The molecule has 0 saturated heterocycles. The molecule has 0 N–H and O–H groups in total. The maximum atomic E-state index is 2.47. The second-order valence-corrected chi connectivity index (χ2v) is 19.6. The smallest absolute Gasteiger partial charge is 0.0726 e. The Hall–Kier alpha value is -9.76. The van der Waals surface area contributed by atoms with Crippen LogP contribution in [0.15, 0.2) is 303 Å². The predicted octanol–water partition coefficient (Wildman–Crippen LogP) is 19.6. The van der Waals surface area contributed by atoms with Crippen LogP contribution >= 0.6 is 0 Å². The second-order valence-electron chi connectivity index (χ2n) is 19.6. The second kappa shape index (κ2) is 18.4. The summed E-state index contributed by atoms with van der Waals surface area (Å²) in [4.78, 5) is 4.81. The molecule has 0 saturated carbocycles. The minimum absolute atomic E-state index is 0.444. The van der Waals surface area contributed by atoms with E-state index in [2.05, 4.69) is 313 Å². The van der Waals surface area contributed by atoms with E-state index in [1.807, 2.05) is 0 Å². The van der Waals surface area contributed by atoms with Crippen LogP contribution in [0.5, 0.6) is 0 Å². The first kappa shape index (κ1) is 44.0.